The number of anilines is 1. The molecule has 1 aliphatic rings. The second-order valence-electron chi connectivity index (χ2n) is 6.09. The molecule has 0 aliphatic carbocycles. The molecule has 2 radical (unpaired) electrons. The fourth-order valence-electron chi connectivity index (χ4n) is 2.66. The number of phosphoric ester groups is 1. The van der Waals surface area contributed by atoms with Gasteiger partial charge in [0.2, 0.25) is 5.95 Å². The summed E-state index contributed by atoms with van der Waals surface area (Å²) in [6.45, 7) is -0.843. The quantitative estimate of drug-likeness (QED) is 0.137. The molecule has 2 aromatic heterocycles. The largest absolute Gasteiger partial charge is 0.490 e. The van der Waals surface area contributed by atoms with Crippen LogP contribution in [0.4, 0.5) is 5.95 Å². The molecule has 0 bridgehead atoms. The molecule has 3 heterocycles. The Morgan fingerprint density at radius 1 is 1.18 bits per heavy atom. The molecule has 0 amide bonds. The smallest absolute Gasteiger partial charge is 0.390 e. The van der Waals surface area contributed by atoms with Crippen LogP contribution in [0.1, 0.15) is 12.6 Å². The van der Waals surface area contributed by atoms with Gasteiger partial charge in [0.1, 0.15) is 12.3 Å². The van der Waals surface area contributed by atoms with Gasteiger partial charge in [0.05, 0.1) is 19.0 Å². The normalized spacial score (nSPS) is 24.5. The van der Waals surface area contributed by atoms with Gasteiger partial charge in [-0.15, -0.1) is 0 Å². The van der Waals surface area contributed by atoms with Crippen molar-refractivity contribution in [2.24, 2.45) is 0 Å². The summed E-state index contributed by atoms with van der Waals surface area (Å²) in [6.07, 6.45) is -2.36. The average molecular weight is 553 g/mol. The minimum absolute atomic E-state index is 0. The predicted octanol–water partition coefficient (Wildman–Crippen LogP) is -2.07. The molecule has 33 heavy (non-hydrogen) atoms. The zero-order valence-corrected chi connectivity index (χ0v) is 23.7. The number of hydrogen-bond acceptors (Lipinski definition) is 12. The van der Waals surface area contributed by atoms with Gasteiger partial charge >= 0.3 is 23.5 Å². The molecule has 5 atom stereocenters. The number of aromatic nitrogens is 4. The van der Waals surface area contributed by atoms with E-state index in [1.807, 2.05) is 0 Å². The van der Waals surface area contributed by atoms with E-state index in [-0.39, 0.29) is 82.6 Å². The van der Waals surface area contributed by atoms with Crippen LogP contribution in [0.5, 0.6) is 0 Å². The van der Waals surface area contributed by atoms with E-state index < -0.39 is 54.1 Å². The Bertz CT molecular complexity index is 1190. The first kappa shape index (κ1) is 31.5. The number of ether oxygens (including phenoxy) is 1. The first-order valence-corrected chi connectivity index (χ1v) is 12.5. The van der Waals surface area contributed by atoms with Crippen LogP contribution >= 0.6 is 23.5 Å². The van der Waals surface area contributed by atoms with E-state index in [0.29, 0.717) is 0 Å². The number of H-pyrrole nitrogens is 1. The zero-order chi connectivity index (χ0) is 23.2. The molecule has 0 aromatic carbocycles. The van der Waals surface area contributed by atoms with Crippen LogP contribution in [0.15, 0.2) is 11.1 Å². The fourth-order valence-corrected chi connectivity index (χ4v) is 5.69. The molecule has 1 fully saturated rings. The number of fused-ring (bicyclic) bond motifs is 1. The topological polar surface area (TPSA) is 279 Å². The van der Waals surface area contributed by atoms with Crippen molar-refractivity contribution in [1.29, 1.82) is 0 Å². The number of rotatable bonds is 8. The molecule has 18 nitrogen and oxygen atoms in total. The number of nitrogens with two attached hydrogens (primary N) is 1. The Kier molecular flexibility index (Phi) is 11.2. The summed E-state index contributed by atoms with van der Waals surface area (Å²) in [5.41, 5.74) is 4.89. The number of aliphatic hydroxyl groups is 1. The molecule has 8 N–H and O–H groups in total. The standard InChI is InChI=1S/C10H16N5O13P3.2Na/c11-10-13-8-7(9(17)14-10)12-3-15(8)6-1-4(16)5(26-6)2-25-30(21,22)28-31(23,24)27-29(18,19)20;;/h3-6,16H,1-2H2,(H,21,22)(H,23,24)(H2,18,19,20)(H3,11,13,14,17);;/t4-,5+,6+;;/m0../s1. The molecule has 176 valence electrons. The molecular weight excluding hydrogens is 537 g/mol. The Labute approximate surface area is 227 Å². The first-order chi connectivity index (χ1) is 14.2. The first-order valence-electron chi connectivity index (χ1n) is 8.00. The SMILES string of the molecule is Nc1nc2c(ncn2[C@H]2C[C@H](O)[C@@H](COP(=O)(O)OP(=O)(O)OP(=O)(O)O)O2)c(=O)[nH]1.[Na].[Na]. The maximum atomic E-state index is 11.8. The molecule has 3 rings (SSSR count). The van der Waals surface area contributed by atoms with Crippen LogP contribution in [-0.4, -0.2) is 122 Å². The van der Waals surface area contributed by atoms with Crippen LogP contribution in [0.25, 0.3) is 11.2 Å². The van der Waals surface area contributed by atoms with Gasteiger partial charge in [-0.25, -0.2) is 18.7 Å². The number of aliphatic hydroxyl groups excluding tert-OH is 1. The summed E-state index contributed by atoms with van der Waals surface area (Å²) in [5.74, 6) is -0.193. The van der Waals surface area contributed by atoms with Crippen LogP contribution < -0.4 is 11.3 Å². The summed E-state index contributed by atoms with van der Waals surface area (Å²) < 4.78 is 52.1. The Hall–Kier alpha value is 0.480. The number of imidazole rings is 1. The molecule has 1 saturated heterocycles. The van der Waals surface area contributed by atoms with Crippen molar-refractivity contribution in [1.82, 2.24) is 19.5 Å². The van der Waals surface area contributed by atoms with E-state index in [9.17, 15) is 28.5 Å². The van der Waals surface area contributed by atoms with Crippen molar-refractivity contribution >= 4 is 99.7 Å². The van der Waals surface area contributed by atoms with Gasteiger partial charge < -0.3 is 35.2 Å². The van der Waals surface area contributed by atoms with E-state index in [4.69, 9.17) is 25.2 Å². The van der Waals surface area contributed by atoms with E-state index in [0.717, 1.165) is 0 Å². The zero-order valence-electron chi connectivity index (χ0n) is 17.0. The molecule has 23 heteroatoms. The van der Waals surface area contributed by atoms with E-state index in [1.165, 1.54) is 10.9 Å². The number of nitrogens with one attached hydrogen (secondary N) is 1. The Morgan fingerprint density at radius 3 is 2.42 bits per heavy atom. The summed E-state index contributed by atoms with van der Waals surface area (Å²) >= 11 is 0. The summed E-state index contributed by atoms with van der Waals surface area (Å²) in [5, 5.41) is 10.1. The van der Waals surface area contributed by atoms with Crippen molar-refractivity contribution < 1.29 is 56.3 Å². The van der Waals surface area contributed by atoms with Gasteiger partial charge in [-0.2, -0.15) is 13.6 Å². The van der Waals surface area contributed by atoms with Gasteiger partial charge in [0, 0.05) is 65.5 Å². The van der Waals surface area contributed by atoms with Gasteiger partial charge in [-0.3, -0.25) is 18.9 Å². The molecule has 1 aliphatic heterocycles. The van der Waals surface area contributed by atoms with E-state index in [2.05, 4.69) is 28.1 Å². The minimum atomic E-state index is -5.67. The van der Waals surface area contributed by atoms with Crippen molar-refractivity contribution in [2.75, 3.05) is 12.3 Å². The minimum Gasteiger partial charge on any atom is -0.390 e. The van der Waals surface area contributed by atoms with Crippen LogP contribution in [-0.2, 0) is 31.6 Å². The number of hydrogen-bond donors (Lipinski definition) is 7. The van der Waals surface area contributed by atoms with Crippen molar-refractivity contribution in [3.05, 3.63) is 16.7 Å². The molecule has 2 unspecified atom stereocenters. The van der Waals surface area contributed by atoms with Gasteiger partial charge in [0.25, 0.3) is 5.56 Å². The van der Waals surface area contributed by atoms with Crippen LogP contribution in [0.3, 0.4) is 0 Å². The summed E-state index contributed by atoms with van der Waals surface area (Å²) in [6, 6.07) is 0. The maximum absolute atomic E-state index is 11.8. The van der Waals surface area contributed by atoms with Crippen molar-refractivity contribution in [3.63, 3.8) is 0 Å². The Morgan fingerprint density at radius 2 is 1.82 bits per heavy atom. The number of aromatic amines is 1. The van der Waals surface area contributed by atoms with Crippen LogP contribution in [0, 0.1) is 0 Å². The second-order valence-corrected chi connectivity index (χ2v) is 10.5. The van der Waals surface area contributed by atoms with Crippen molar-refractivity contribution in [2.45, 2.75) is 24.9 Å². The molecule has 0 saturated carbocycles. The number of nitrogens with zero attached hydrogens (tertiary/aromatic N) is 3. The van der Waals surface area contributed by atoms with E-state index in [1.54, 1.807) is 0 Å². The fraction of sp³-hybridized carbons (Fsp3) is 0.500. The molecule has 0 spiro atoms. The van der Waals surface area contributed by atoms with Gasteiger partial charge in [0.15, 0.2) is 11.2 Å². The summed E-state index contributed by atoms with van der Waals surface area (Å²) in [4.78, 5) is 57.5. The average Bonchev–Trinajstić information content (AvgIpc) is 3.13. The van der Waals surface area contributed by atoms with E-state index >= 15 is 0 Å². The van der Waals surface area contributed by atoms with Crippen molar-refractivity contribution in [3.8, 4) is 0 Å². The monoisotopic (exact) mass is 553 g/mol. The second kappa shape index (κ2) is 11.7. The molecular formula is C10H16N5Na2O13P3. The Balaban J connectivity index is 0.00000272. The van der Waals surface area contributed by atoms with Gasteiger partial charge in [-0.1, -0.05) is 0 Å². The molecule has 2 aromatic rings. The number of phosphoric acid groups is 3. The summed E-state index contributed by atoms with van der Waals surface area (Å²) in [7, 11) is -16.6. The third kappa shape index (κ3) is 8.53. The number of nitrogen functional groups attached to an aromatic ring is 1. The third-order valence-corrected chi connectivity index (χ3v) is 7.59. The van der Waals surface area contributed by atoms with Gasteiger partial charge in [-0.05, 0) is 0 Å². The van der Waals surface area contributed by atoms with Crippen LogP contribution in [0.2, 0.25) is 0 Å². The maximum Gasteiger partial charge on any atom is 0.490 e. The predicted molar refractivity (Wildman–Crippen MR) is 108 cm³/mol. The third-order valence-electron chi connectivity index (χ3n) is 3.78.